The van der Waals surface area contributed by atoms with Crippen LogP contribution < -0.4 is 4.90 Å². The Bertz CT molecular complexity index is 1030. The van der Waals surface area contributed by atoms with Gasteiger partial charge in [-0.2, -0.15) is 5.10 Å². The number of rotatable bonds is 5. The van der Waals surface area contributed by atoms with E-state index < -0.39 is 0 Å². The third-order valence-corrected chi connectivity index (χ3v) is 6.30. The SMILES string of the molecule is O=C(c1cc(Cl)sc1Cl)N(CCn1cccn1)c1nc2ccccc2s1. The van der Waals surface area contributed by atoms with Crippen molar-refractivity contribution in [2.75, 3.05) is 11.4 Å². The van der Waals surface area contributed by atoms with E-state index in [1.807, 2.05) is 36.5 Å². The summed E-state index contributed by atoms with van der Waals surface area (Å²) < 4.78 is 3.66. The molecule has 3 aromatic heterocycles. The van der Waals surface area contributed by atoms with Gasteiger partial charge in [0.1, 0.15) is 4.34 Å². The number of carbonyl (C=O) groups excluding carboxylic acids is 1. The number of nitrogens with zero attached hydrogens (tertiary/aromatic N) is 4. The maximum absolute atomic E-state index is 13.1. The molecule has 0 fully saturated rings. The van der Waals surface area contributed by atoms with Crippen LogP contribution in [0.5, 0.6) is 0 Å². The molecule has 0 aliphatic carbocycles. The zero-order chi connectivity index (χ0) is 18.1. The van der Waals surface area contributed by atoms with Gasteiger partial charge in [-0.15, -0.1) is 11.3 Å². The Morgan fingerprint density at radius 1 is 1.19 bits per heavy atom. The molecule has 1 amide bonds. The van der Waals surface area contributed by atoms with Gasteiger partial charge in [-0.05, 0) is 24.3 Å². The molecular formula is C17H12Cl2N4OS2. The predicted molar refractivity (Wildman–Crippen MR) is 108 cm³/mol. The van der Waals surface area contributed by atoms with Crippen LogP contribution in [0.2, 0.25) is 8.67 Å². The van der Waals surface area contributed by atoms with E-state index in [1.54, 1.807) is 21.8 Å². The minimum absolute atomic E-state index is 0.218. The first-order chi connectivity index (χ1) is 12.6. The molecule has 0 bridgehead atoms. The van der Waals surface area contributed by atoms with E-state index in [0.29, 0.717) is 32.5 Å². The van der Waals surface area contributed by atoms with Gasteiger partial charge in [0.15, 0.2) is 5.13 Å². The van der Waals surface area contributed by atoms with Crippen LogP contribution in [0.15, 0.2) is 48.8 Å². The molecule has 4 aromatic rings. The summed E-state index contributed by atoms with van der Waals surface area (Å²) in [6.45, 7) is 0.967. The molecule has 0 spiro atoms. The lowest BCUT2D eigenvalue weighted by Gasteiger charge is -2.19. The lowest BCUT2D eigenvalue weighted by molar-refractivity contribution is 0.0986. The first-order valence-corrected chi connectivity index (χ1v) is 10.1. The molecule has 5 nitrogen and oxygen atoms in total. The Hall–Kier alpha value is -1.93. The van der Waals surface area contributed by atoms with Crippen molar-refractivity contribution >= 4 is 67.1 Å². The number of hydrogen-bond acceptors (Lipinski definition) is 5. The van der Waals surface area contributed by atoms with Crippen molar-refractivity contribution in [1.82, 2.24) is 14.8 Å². The summed E-state index contributed by atoms with van der Waals surface area (Å²) in [5, 5.41) is 4.82. The monoisotopic (exact) mass is 422 g/mol. The summed E-state index contributed by atoms with van der Waals surface area (Å²) in [4.78, 5) is 19.4. The molecule has 26 heavy (non-hydrogen) atoms. The van der Waals surface area contributed by atoms with Gasteiger partial charge < -0.3 is 0 Å². The number of halogens is 2. The second-order valence-corrected chi connectivity index (χ2v) is 8.72. The zero-order valence-corrected chi connectivity index (χ0v) is 16.4. The van der Waals surface area contributed by atoms with Gasteiger partial charge in [-0.1, -0.05) is 46.7 Å². The predicted octanol–water partition coefficient (Wildman–Crippen LogP) is 5.21. The number of fused-ring (bicyclic) bond motifs is 1. The van der Waals surface area contributed by atoms with Crippen LogP contribution in [0.4, 0.5) is 5.13 Å². The Balaban J connectivity index is 1.70. The Morgan fingerprint density at radius 2 is 2.04 bits per heavy atom. The fourth-order valence-corrected chi connectivity index (χ4v) is 4.96. The largest absolute Gasteiger partial charge is 0.282 e. The molecule has 0 saturated heterocycles. The number of thiophene rings is 1. The van der Waals surface area contributed by atoms with Crippen LogP contribution >= 0.6 is 45.9 Å². The second-order valence-electron chi connectivity index (χ2n) is 5.43. The summed E-state index contributed by atoms with van der Waals surface area (Å²) >= 11 is 14.9. The molecule has 0 atom stereocenters. The smallest absolute Gasteiger partial charge is 0.262 e. The third kappa shape index (κ3) is 3.48. The van der Waals surface area contributed by atoms with Crippen LogP contribution in [0.25, 0.3) is 10.2 Å². The van der Waals surface area contributed by atoms with Gasteiger partial charge in [0, 0.05) is 18.9 Å². The summed E-state index contributed by atoms with van der Waals surface area (Å²) in [6, 6.07) is 11.2. The number of anilines is 1. The summed E-state index contributed by atoms with van der Waals surface area (Å²) in [6.07, 6.45) is 3.56. The number of hydrogen-bond donors (Lipinski definition) is 0. The lowest BCUT2D eigenvalue weighted by atomic mass is 10.3. The van der Waals surface area contributed by atoms with Crippen molar-refractivity contribution in [1.29, 1.82) is 0 Å². The molecule has 9 heteroatoms. The molecule has 0 N–H and O–H groups in total. The van der Waals surface area contributed by atoms with Gasteiger partial charge in [0.2, 0.25) is 0 Å². The third-order valence-electron chi connectivity index (χ3n) is 3.76. The molecule has 4 rings (SSSR count). The van der Waals surface area contributed by atoms with Gasteiger partial charge in [-0.3, -0.25) is 14.4 Å². The second kappa shape index (κ2) is 7.36. The number of carbonyl (C=O) groups is 1. The summed E-state index contributed by atoms with van der Waals surface area (Å²) in [7, 11) is 0. The number of amides is 1. The molecule has 0 radical (unpaired) electrons. The van der Waals surface area contributed by atoms with Crippen molar-refractivity contribution < 1.29 is 4.79 Å². The highest BCUT2D eigenvalue weighted by Gasteiger charge is 2.24. The van der Waals surface area contributed by atoms with Crippen molar-refractivity contribution in [2.24, 2.45) is 0 Å². The van der Waals surface area contributed by atoms with E-state index in [1.165, 1.54) is 22.7 Å². The molecule has 132 valence electrons. The van der Waals surface area contributed by atoms with E-state index in [-0.39, 0.29) is 5.91 Å². The normalized spacial score (nSPS) is 11.2. The number of para-hydroxylation sites is 1. The number of benzene rings is 1. The van der Waals surface area contributed by atoms with E-state index in [9.17, 15) is 4.79 Å². The standard InChI is InChI=1S/C17H12Cl2N4OS2/c18-14-10-11(15(19)26-14)16(24)23(9-8-22-7-3-6-20-22)17-21-12-4-1-2-5-13(12)25-17/h1-7,10H,8-9H2. The molecule has 1 aromatic carbocycles. The van der Waals surface area contributed by atoms with Crippen molar-refractivity contribution in [3.05, 3.63) is 63.0 Å². The van der Waals surface area contributed by atoms with Crippen LogP contribution in [-0.2, 0) is 6.54 Å². The van der Waals surface area contributed by atoms with Gasteiger partial charge >= 0.3 is 0 Å². The van der Waals surface area contributed by atoms with Crippen LogP contribution in [-0.4, -0.2) is 27.2 Å². The lowest BCUT2D eigenvalue weighted by Crippen LogP contribution is -2.34. The van der Waals surface area contributed by atoms with Crippen molar-refractivity contribution in [3.63, 3.8) is 0 Å². The Labute approximate surface area is 167 Å². The van der Waals surface area contributed by atoms with E-state index >= 15 is 0 Å². The highest BCUT2D eigenvalue weighted by atomic mass is 35.5. The maximum atomic E-state index is 13.1. The van der Waals surface area contributed by atoms with Crippen LogP contribution in [0.3, 0.4) is 0 Å². The van der Waals surface area contributed by atoms with Crippen molar-refractivity contribution in [2.45, 2.75) is 6.54 Å². The highest BCUT2D eigenvalue weighted by Crippen LogP contribution is 2.34. The minimum atomic E-state index is -0.218. The van der Waals surface area contributed by atoms with Gasteiger partial charge in [0.05, 0.1) is 26.7 Å². The van der Waals surface area contributed by atoms with Crippen LogP contribution in [0, 0.1) is 0 Å². The fraction of sp³-hybridized carbons (Fsp3) is 0.118. The zero-order valence-electron chi connectivity index (χ0n) is 13.3. The topological polar surface area (TPSA) is 51.0 Å². The van der Waals surface area contributed by atoms with Gasteiger partial charge in [0.25, 0.3) is 5.91 Å². The number of thiazole rings is 1. The average molecular weight is 423 g/mol. The fourth-order valence-electron chi connectivity index (χ4n) is 2.53. The molecular weight excluding hydrogens is 411 g/mol. The van der Waals surface area contributed by atoms with E-state index in [4.69, 9.17) is 23.2 Å². The quantitative estimate of drug-likeness (QED) is 0.443. The summed E-state index contributed by atoms with van der Waals surface area (Å²) in [5.74, 6) is -0.218. The Kier molecular flexibility index (Phi) is 4.95. The highest BCUT2D eigenvalue weighted by molar-refractivity contribution is 7.22. The molecule has 3 heterocycles. The number of aromatic nitrogens is 3. The van der Waals surface area contributed by atoms with E-state index in [0.717, 1.165) is 10.2 Å². The molecule has 0 aliphatic rings. The molecule has 0 unspecified atom stereocenters. The Morgan fingerprint density at radius 3 is 2.73 bits per heavy atom. The first-order valence-electron chi connectivity index (χ1n) is 7.71. The summed E-state index contributed by atoms with van der Waals surface area (Å²) in [5.41, 5.74) is 1.25. The maximum Gasteiger partial charge on any atom is 0.262 e. The average Bonchev–Trinajstić information content (AvgIpc) is 3.34. The molecule has 0 saturated carbocycles. The van der Waals surface area contributed by atoms with Crippen molar-refractivity contribution in [3.8, 4) is 0 Å². The van der Waals surface area contributed by atoms with E-state index in [2.05, 4.69) is 10.1 Å². The molecule has 0 aliphatic heterocycles. The first kappa shape index (κ1) is 17.5. The van der Waals surface area contributed by atoms with Gasteiger partial charge in [-0.25, -0.2) is 4.98 Å². The minimum Gasteiger partial charge on any atom is -0.282 e. The van der Waals surface area contributed by atoms with Crippen LogP contribution in [0.1, 0.15) is 10.4 Å².